The van der Waals surface area contributed by atoms with E-state index in [1.54, 1.807) is 6.92 Å². The van der Waals surface area contributed by atoms with Crippen molar-refractivity contribution in [1.82, 2.24) is 15.1 Å². The van der Waals surface area contributed by atoms with Gasteiger partial charge in [-0.15, -0.1) is 0 Å². The van der Waals surface area contributed by atoms with E-state index >= 15 is 0 Å². The standard InChI is InChI=1S/C6H5N3O3/c1-2-3-6(12-9-2)8-5(11)4(10)7-3/h1H3,(H,7,10)(H,8,11). The van der Waals surface area contributed by atoms with E-state index < -0.39 is 11.1 Å². The lowest BCUT2D eigenvalue weighted by atomic mass is 10.4. The molecule has 0 amide bonds. The lowest BCUT2D eigenvalue weighted by Crippen LogP contribution is -2.28. The molecule has 0 aromatic carbocycles. The molecule has 0 spiro atoms. The first-order valence-electron chi connectivity index (χ1n) is 3.27. The molecule has 2 aromatic heterocycles. The van der Waals surface area contributed by atoms with Crippen LogP contribution in [0.3, 0.4) is 0 Å². The summed E-state index contributed by atoms with van der Waals surface area (Å²) in [6.45, 7) is 1.67. The molecule has 0 aliphatic carbocycles. The normalized spacial score (nSPS) is 10.8. The number of aryl methyl sites for hydroxylation is 1. The van der Waals surface area contributed by atoms with Crippen LogP contribution < -0.4 is 11.1 Å². The first kappa shape index (κ1) is 6.84. The van der Waals surface area contributed by atoms with Crippen molar-refractivity contribution in [2.45, 2.75) is 6.92 Å². The van der Waals surface area contributed by atoms with E-state index in [1.165, 1.54) is 0 Å². The zero-order valence-electron chi connectivity index (χ0n) is 6.17. The molecular weight excluding hydrogens is 162 g/mol. The molecule has 6 nitrogen and oxygen atoms in total. The van der Waals surface area contributed by atoms with Crippen molar-refractivity contribution in [3.63, 3.8) is 0 Å². The molecule has 0 saturated carbocycles. The number of aromatic nitrogens is 3. The summed E-state index contributed by atoms with van der Waals surface area (Å²) < 4.78 is 4.71. The number of aromatic amines is 2. The van der Waals surface area contributed by atoms with Crippen molar-refractivity contribution in [3.8, 4) is 0 Å². The fourth-order valence-electron chi connectivity index (χ4n) is 0.932. The summed E-state index contributed by atoms with van der Waals surface area (Å²) >= 11 is 0. The second-order valence-electron chi connectivity index (χ2n) is 2.38. The number of H-pyrrole nitrogens is 2. The van der Waals surface area contributed by atoms with Gasteiger partial charge in [0.1, 0.15) is 11.2 Å². The van der Waals surface area contributed by atoms with Gasteiger partial charge in [0.15, 0.2) is 0 Å². The van der Waals surface area contributed by atoms with Crippen LogP contribution in [0.1, 0.15) is 5.69 Å². The molecule has 12 heavy (non-hydrogen) atoms. The number of nitrogens with zero attached hydrogens (tertiary/aromatic N) is 1. The molecule has 0 radical (unpaired) electrons. The molecule has 2 heterocycles. The number of hydrogen-bond acceptors (Lipinski definition) is 4. The Morgan fingerprint density at radius 2 is 1.92 bits per heavy atom. The highest BCUT2D eigenvalue weighted by atomic mass is 16.5. The van der Waals surface area contributed by atoms with Gasteiger partial charge >= 0.3 is 11.1 Å². The van der Waals surface area contributed by atoms with Gasteiger partial charge in [0.05, 0.1) is 0 Å². The zero-order valence-corrected chi connectivity index (χ0v) is 6.17. The van der Waals surface area contributed by atoms with Crippen LogP contribution >= 0.6 is 0 Å². The summed E-state index contributed by atoms with van der Waals surface area (Å²) in [5.74, 6) is 0. The fraction of sp³-hybridized carbons (Fsp3) is 0.167. The third-order valence-corrected chi connectivity index (χ3v) is 1.53. The molecular formula is C6H5N3O3. The second-order valence-corrected chi connectivity index (χ2v) is 2.38. The first-order valence-corrected chi connectivity index (χ1v) is 3.27. The molecule has 2 N–H and O–H groups in total. The molecule has 0 unspecified atom stereocenters. The van der Waals surface area contributed by atoms with Crippen molar-refractivity contribution >= 4 is 11.2 Å². The molecule has 0 fully saturated rings. The minimum Gasteiger partial charge on any atom is -0.336 e. The van der Waals surface area contributed by atoms with E-state index in [9.17, 15) is 9.59 Å². The van der Waals surface area contributed by atoms with Crippen LogP contribution in [-0.4, -0.2) is 15.1 Å². The summed E-state index contributed by atoms with van der Waals surface area (Å²) in [5.41, 5.74) is -0.275. The maximum Gasteiger partial charge on any atom is 0.316 e. The second kappa shape index (κ2) is 2.07. The lowest BCUT2D eigenvalue weighted by molar-refractivity contribution is 0.442. The highest BCUT2D eigenvalue weighted by molar-refractivity contribution is 5.69. The molecule has 0 saturated heterocycles. The quantitative estimate of drug-likeness (QED) is 0.518. The van der Waals surface area contributed by atoms with Gasteiger partial charge in [0.25, 0.3) is 5.71 Å². The molecule has 62 valence electrons. The van der Waals surface area contributed by atoms with E-state index in [2.05, 4.69) is 15.1 Å². The predicted molar refractivity (Wildman–Crippen MR) is 40.0 cm³/mol. The Morgan fingerprint density at radius 1 is 1.25 bits per heavy atom. The van der Waals surface area contributed by atoms with E-state index in [4.69, 9.17) is 4.52 Å². The Labute approximate surface area is 65.2 Å². The zero-order chi connectivity index (χ0) is 8.72. The van der Waals surface area contributed by atoms with Gasteiger partial charge < -0.3 is 9.51 Å². The molecule has 0 atom stereocenters. The van der Waals surface area contributed by atoms with E-state index in [1.807, 2.05) is 0 Å². The molecule has 2 rings (SSSR count). The predicted octanol–water partition coefficient (Wildman–Crippen LogP) is -0.487. The van der Waals surface area contributed by atoms with E-state index in [-0.39, 0.29) is 5.71 Å². The summed E-state index contributed by atoms with van der Waals surface area (Å²) in [5, 5.41) is 3.56. The largest absolute Gasteiger partial charge is 0.336 e. The van der Waals surface area contributed by atoms with Crippen molar-refractivity contribution in [2.24, 2.45) is 0 Å². The van der Waals surface area contributed by atoms with Crippen LogP contribution in [0.5, 0.6) is 0 Å². The van der Waals surface area contributed by atoms with Crippen LogP contribution in [0.15, 0.2) is 14.1 Å². The van der Waals surface area contributed by atoms with Gasteiger partial charge in [-0.1, -0.05) is 5.16 Å². The van der Waals surface area contributed by atoms with E-state index in [0.717, 1.165) is 0 Å². The minimum atomic E-state index is -0.737. The Bertz CT molecular complexity index is 533. The van der Waals surface area contributed by atoms with Crippen molar-refractivity contribution in [1.29, 1.82) is 0 Å². The smallest absolute Gasteiger partial charge is 0.316 e. The number of rotatable bonds is 0. The van der Waals surface area contributed by atoms with Crippen LogP contribution in [0.25, 0.3) is 11.2 Å². The third kappa shape index (κ3) is 0.777. The number of fused-ring (bicyclic) bond motifs is 1. The Hall–Kier alpha value is -1.85. The van der Waals surface area contributed by atoms with Gasteiger partial charge in [0, 0.05) is 0 Å². The first-order chi connectivity index (χ1) is 5.68. The van der Waals surface area contributed by atoms with Gasteiger partial charge in [-0.3, -0.25) is 14.6 Å². The molecule has 2 aromatic rings. The maximum atomic E-state index is 10.8. The average Bonchev–Trinajstić information content (AvgIpc) is 2.35. The highest BCUT2D eigenvalue weighted by Crippen LogP contribution is 2.07. The van der Waals surface area contributed by atoms with Gasteiger partial charge in [0.2, 0.25) is 0 Å². The summed E-state index contributed by atoms with van der Waals surface area (Å²) in [4.78, 5) is 26.2. The highest BCUT2D eigenvalue weighted by Gasteiger charge is 2.06. The van der Waals surface area contributed by atoms with Crippen LogP contribution in [0.4, 0.5) is 0 Å². The topological polar surface area (TPSA) is 91.8 Å². The van der Waals surface area contributed by atoms with Gasteiger partial charge in [-0.25, -0.2) is 0 Å². The fourth-order valence-corrected chi connectivity index (χ4v) is 0.932. The Balaban J connectivity index is 3.07. The molecule has 0 aliphatic rings. The van der Waals surface area contributed by atoms with E-state index in [0.29, 0.717) is 11.2 Å². The Morgan fingerprint density at radius 3 is 2.67 bits per heavy atom. The van der Waals surface area contributed by atoms with Gasteiger partial charge in [-0.05, 0) is 6.92 Å². The summed E-state index contributed by atoms with van der Waals surface area (Å²) in [6.07, 6.45) is 0. The third-order valence-electron chi connectivity index (χ3n) is 1.53. The molecule has 6 heteroatoms. The van der Waals surface area contributed by atoms with Crippen molar-refractivity contribution in [2.75, 3.05) is 0 Å². The SMILES string of the molecule is Cc1noc2[nH]c(=O)c(=O)[nH]c12. The monoisotopic (exact) mass is 167 g/mol. The average molecular weight is 167 g/mol. The molecule has 0 aliphatic heterocycles. The van der Waals surface area contributed by atoms with Crippen LogP contribution in [0, 0.1) is 6.92 Å². The summed E-state index contributed by atoms with van der Waals surface area (Å²) in [6, 6.07) is 0. The van der Waals surface area contributed by atoms with Gasteiger partial charge in [-0.2, -0.15) is 0 Å². The Kier molecular flexibility index (Phi) is 1.18. The van der Waals surface area contributed by atoms with Crippen LogP contribution in [0.2, 0.25) is 0 Å². The number of nitrogens with one attached hydrogen (secondary N) is 2. The maximum absolute atomic E-state index is 10.8. The van der Waals surface area contributed by atoms with Crippen molar-refractivity contribution < 1.29 is 4.52 Å². The molecule has 0 bridgehead atoms. The summed E-state index contributed by atoms with van der Waals surface area (Å²) in [7, 11) is 0. The van der Waals surface area contributed by atoms with Crippen LogP contribution in [-0.2, 0) is 0 Å². The number of hydrogen-bond donors (Lipinski definition) is 2. The van der Waals surface area contributed by atoms with Crippen molar-refractivity contribution in [3.05, 3.63) is 26.4 Å². The minimum absolute atomic E-state index is 0.192. The lowest BCUT2D eigenvalue weighted by Gasteiger charge is -1.84.